The van der Waals surface area contributed by atoms with Crippen LogP contribution in [0.2, 0.25) is 0 Å². The lowest BCUT2D eigenvalue weighted by atomic mass is 10.1. The lowest BCUT2D eigenvalue weighted by Gasteiger charge is -2.32. The molecule has 5 nitrogen and oxygen atoms in total. The van der Waals surface area contributed by atoms with Crippen LogP contribution in [-0.4, -0.2) is 34.3 Å². The van der Waals surface area contributed by atoms with E-state index >= 15 is 0 Å². The molecule has 0 radical (unpaired) electrons. The molecule has 0 unspecified atom stereocenters. The Bertz CT molecular complexity index is 349. The van der Waals surface area contributed by atoms with E-state index in [1.54, 1.807) is 47.6 Å². The molecule has 0 rings (SSSR count). The lowest BCUT2D eigenvalue weighted by Crippen LogP contribution is -2.48. The Labute approximate surface area is 128 Å². The largest absolute Gasteiger partial charge is 0.443 e. The highest BCUT2D eigenvalue weighted by Gasteiger charge is 2.35. The van der Waals surface area contributed by atoms with Crippen molar-refractivity contribution in [1.82, 2.24) is 4.90 Å². The summed E-state index contributed by atoms with van der Waals surface area (Å²) < 4.78 is 10.6. The molecule has 5 heteroatoms. The van der Waals surface area contributed by atoms with Gasteiger partial charge in [0.1, 0.15) is 11.2 Å². The van der Waals surface area contributed by atoms with Crippen molar-refractivity contribution in [3.63, 3.8) is 0 Å². The van der Waals surface area contributed by atoms with Gasteiger partial charge in [-0.05, 0) is 48.0 Å². The van der Waals surface area contributed by atoms with Crippen LogP contribution in [0.1, 0.15) is 61.3 Å². The van der Waals surface area contributed by atoms with Gasteiger partial charge < -0.3 is 9.47 Å². The van der Waals surface area contributed by atoms with Crippen LogP contribution in [-0.2, 0) is 9.47 Å². The predicted molar refractivity (Wildman–Crippen MR) is 83.2 cm³/mol. The molecule has 0 aromatic heterocycles. The van der Waals surface area contributed by atoms with Crippen molar-refractivity contribution in [3.8, 4) is 0 Å². The summed E-state index contributed by atoms with van der Waals surface area (Å²) in [4.78, 5) is 25.6. The molecule has 0 saturated carbocycles. The van der Waals surface area contributed by atoms with Gasteiger partial charge in [-0.1, -0.05) is 19.4 Å². The van der Waals surface area contributed by atoms with Crippen molar-refractivity contribution in [2.45, 2.75) is 78.6 Å². The minimum atomic E-state index is -0.713. The minimum Gasteiger partial charge on any atom is -0.443 e. The summed E-state index contributed by atoms with van der Waals surface area (Å²) >= 11 is 0. The molecule has 2 amide bonds. The number of hydrogen-bond donors (Lipinski definition) is 0. The van der Waals surface area contributed by atoms with Crippen molar-refractivity contribution >= 4 is 12.2 Å². The van der Waals surface area contributed by atoms with Gasteiger partial charge in [0.2, 0.25) is 0 Å². The Morgan fingerprint density at radius 1 is 1.05 bits per heavy atom. The van der Waals surface area contributed by atoms with Gasteiger partial charge >= 0.3 is 12.2 Å². The Morgan fingerprint density at radius 3 is 1.67 bits per heavy atom. The van der Waals surface area contributed by atoms with Crippen molar-refractivity contribution in [2.75, 3.05) is 0 Å². The molecule has 0 N–H and O–H groups in total. The highest BCUT2D eigenvalue weighted by molar-refractivity contribution is 5.88. The molecule has 0 aliphatic heterocycles. The van der Waals surface area contributed by atoms with E-state index < -0.39 is 29.4 Å². The van der Waals surface area contributed by atoms with Crippen LogP contribution in [0.15, 0.2) is 12.7 Å². The van der Waals surface area contributed by atoms with Crippen LogP contribution in [0.25, 0.3) is 0 Å². The summed E-state index contributed by atoms with van der Waals surface area (Å²) in [6, 6.07) is -0.445. The van der Waals surface area contributed by atoms with Crippen LogP contribution in [0, 0.1) is 0 Å². The summed E-state index contributed by atoms with van der Waals surface area (Å²) in [5, 5.41) is 0. The number of hydrogen-bond acceptors (Lipinski definition) is 4. The van der Waals surface area contributed by atoms with E-state index in [1.807, 2.05) is 6.92 Å². The molecular formula is C16H29NO4. The van der Waals surface area contributed by atoms with E-state index in [9.17, 15) is 9.59 Å². The van der Waals surface area contributed by atoms with E-state index in [2.05, 4.69) is 6.58 Å². The molecule has 0 fully saturated rings. The second kappa shape index (κ2) is 7.48. The number of imide groups is 1. The third-order valence-electron chi connectivity index (χ3n) is 2.37. The maximum atomic E-state index is 12.3. The zero-order valence-corrected chi connectivity index (χ0v) is 14.4. The van der Waals surface area contributed by atoms with Crippen molar-refractivity contribution in [2.24, 2.45) is 0 Å². The van der Waals surface area contributed by atoms with Gasteiger partial charge in [0, 0.05) is 0 Å². The van der Waals surface area contributed by atoms with Crippen molar-refractivity contribution in [3.05, 3.63) is 12.7 Å². The second-order valence-electron chi connectivity index (χ2n) is 6.92. The fraction of sp³-hybridized carbons (Fsp3) is 0.750. The summed E-state index contributed by atoms with van der Waals surface area (Å²) in [7, 11) is 0. The third kappa shape index (κ3) is 7.73. The molecule has 21 heavy (non-hydrogen) atoms. The minimum absolute atomic E-state index is 0.445. The first-order valence-corrected chi connectivity index (χ1v) is 7.29. The number of nitrogens with zero attached hydrogens (tertiary/aromatic N) is 1. The Balaban J connectivity index is 5.31. The van der Waals surface area contributed by atoms with E-state index in [1.165, 1.54) is 0 Å². The van der Waals surface area contributed by atoms with E-state index in [0.29, 0.717) is 6.42 Å². The summed E-state index contributed by atoms with van der Waals surface area (Å²) in [6.07, 6.45) is 1.56. The molecule has 0 bridgehead atoms. The first-order valence-electron chi connectivity index (χ1n) is 7.29. The van der Waals surface area contributed by atoms with Crippen molar-refractivity contribution < 1.29 is 19.1 Å². The monoisotopic (exact) mass is 299 g/mol. The molecule has 0 aliphatic rings. The van der Waals surface area contributed by atoms with Gasteiger partial charge in [-0.15, -0.1) is 6.58 Å². The SMILES string of the molecule is C=C[C@@H](CCC)N(C(=O)OC(C)(C)C)C(=O)OC(C)(C)C. The fourth-order valence-electron chi connectivity index (χ4n) is 1.62. The van der Waals surface area contributed by atoms with E-state index in [-0.39, 0.29) is 0 Å². The molecular weight excluding hydrogens is 270 g/mol. The predicted octanol–water partition coefficient (Wildman–Crippen LogP) is 4.51. The van der Waals surface area contributed by atoms with E-state index in [4.69, 9.17) is 9.47 Å². The average Bonchev–Trinajstić information content (AvgIpc) is 2.23. The summed E-state index contributed by atoms with van der Waals surface area (Å²) in [6.45, 7) is 16.2. The lowest BCUT2D eigenvalue weighted by molar-refractivity contribution is -0.00418. The van der Waals surface area contributed by atoms with Crippen LogP contribution in [0.3, 0.4) is 0 Å². The standard InChI is InChI=1S/C16H29NO4/c1-9-11-12(10-2)17(13(18)20-15(3,4)5)14(19)21-16(6,7)8/h10,12H,2,9,11H2,1,3-8H3/t12-/m0/s1. The van der Waals surface area contributed by atoms with Crippen LogP contribution in [0.4, 0.5) is 9.59 Å². The quantitative estimate of drug-likeness (QED) is 0.716. The van der Waals surface area contributed by atoms with Crippen LogP contribution >= 0.6 is 0 Å². The van der Waals surface area contributed by atoms with E-state index in [0.717, 1.165) is 11.3 Å². The number of amides is 2. The van der Waals surface area contributed by atoms with Gasteiger partial charge in [-0.2, -0.15) is 0 Å². The summed E-state index contributed by atoms with van der Waals surface area (Å²) in [5.74, 6) is 0. The maximum absolute atomic E-state index is 12.3. The van der Waals surface area contributed by atoms with Gasteiger partial charge in [0.05, 0.1) is 6.04 Å². The zero-order valence-electron chi connectivity index (χ0n) is 14.4. The highest BCUT2D eigenvalue weighted by Crippen LogP contribution is 2.19. The number of carbonyl (C=O) groups excluding carboxylic acids is 2. The topological polar surface area (TPSA) is 55.8 Å². The normalized spacial score (nSPS) is 13.3. The molecule has 0 aliphatic carbocycles. The van der Waals surface area contributed by atoms with Gasteiger partial charge in [-0.25, -0.2) is 14.5 Å². The number of ether oxygens (including phenoxy) is 2. The molecule has 0 heterocycles. The maximum Gasteiger partial charge on any atom is 0.420 e. The van der Waals surface area contributed by atoms with Gasteiger partial charge in [0.15, 0.2) is 0 Å². The highest BCUT2D eigenvalue weighted by atomic mass is 16.6. The van der Waals surface area contributed by atoms with Crippen molar-refractivity contribution in [1.29, 1.82) is 0 Å². The van der Waals surface area contributed by atoms with Gasteiger partial charge in [-0.3, -0.25) is 0 Å². The smallest absolute Gasteiger partial charge is 0.420 e. The first kappa shape index (κ1) is 19.5. The molecule has 0 aromatic carbocycles. The average molecular weight is 299 g/mol. The Hall–Kier alpha value is -1.52. The van der Waals surface area contributed by atoms with Crippen LogP contribution in [0.5, 0.6) is 0 Å². The first-order chi connectivity index (χ1) is 9.41. The molecule has 0 spiro atoms. The molecule has 122 valence electrons. The van der Waals surface area contributed by atoms with Crippen LogP contribution < -0.4 is 0 Å². The third-order valence-corrected chi connectivity index (χ3v) is 2.37. The molecule has 0 saturated heterocycles. The molecule has 0 aromatic rings. The zero-order chi connectivity index (χ0) is 16.8. The fourth-order valence-corrected chi connectivity index (χ4v) is 1.62. The number of carbonyl (C=O) groups is 2. The van der Waals surface area contributed by atoms with Gasteiger partial charge in [0.25, 0.3) is 0 Å². The Morgan fingerprint density at radius 2 is 1.43 bits per heavy atom. The Kier molecular flexibility index (Phi) is 6.94. The number of rotatable bonds is 4. The molecule has 1 atom stereocenters. The summed E-state index contributed by atoms with van der Waals surface area (Å²) in [5.41, 5.74) is -1.37. The second-order valence-corrected chi connectivity index (χ2v) is 6.92.